The first kappa shape index (κ1) is 14.3. The molecule has 0 saturated carbocycles. The smallest absolute Gasteiger partial charge is 0.259 e. The lowest BCUT2D eigenvalue weighted by molar-refractivity contribution is 0.102. The Kier molecular flexibility index (Phi) is 4.96. The lowest BCUT2D eigenvalue weighted by atomic mass is 10.2. The molecule has 2 aromatic rings. The van der Waals surface area contributed by atoms with Crippen molar-refractivity contribution < 1.29 is 4.79 Å². The number of rotatable bonds is 5. The molecule has 4 nitrogen and oxygen atoms in total. The predicted octanol–water partition coefficient (Wildman–Crippen LogP) is 3.81. The molecule has 0 aliphatic rings. The van der Waals surface area contributed by atoms with E-state index in [0.717, 1.165) is 18.7 Å². The number of anilines is 2. The van der Waals surface area contributed by atoms with E-state index in [1.165, 1.54) is 0 Å². The second-order valence-corrected chi connectivity index (χ2v) is 4.69. The quantitative estimate of drug-likeness (QED) is 0.880. The number of amides is 1. The monoisotopic (exact) mass is 289 g/mol. The van der Waals surface area contributed by atoms with Gasteiger partial charge >= 0.3 is 0 Å². The molecule has 0 radical (unpaired) electrons. The van der Waals surface area contributed by atoms with Gasteiger partial charge in [-0.2, -0.15) is 0 Å². The Bertz CT molecular complexity index is 601. The summed E-state index contributed by atoms with van der Waals surface area (Å²) in [6.07, 6.45) is 4.18. The van der Waals surface area contributed by atoms with Crippen molar-refractivity contribution in [3.05, 3.63) is 53.3 Å². The van der Waals surface area contributed by atoms with Gasteiger partial charge in [0.2, 0.25) is 0 Å². The summed E-state index contributed by atoms with van der Waals surface area (Å²) in [4.78, 5) is 16.3. The zero-order valence-electron chi connectivity index (χ0n) is 11.2. The summed E-state index contributed by atoms with van der Waals surface area (Å²) in [6.45, 7) is 2.87. The van der Waals surface area contributed by atoms with E-state index in [9.17, 15) is 4.79 Å². The van der Waals surface area contributed by atoms with E-state index in [1.54, 1.807) is 30.6 Å². The number of nitrogens with zero attached hydrogens (tertiary/aromatic N) is 1. The van der Waals surface area contributed by atoms with Crippen molar-refractivity contribution in [2.24, 2.45) is 0 Å². The number of para-hydroxylation sites is 1. The van der Waals surface area contributed by atoms with Crippen LogP contribution in [0.4, 0.5) is 11.4 Å². The van der Waals surface area contributed by atoms with Gasteiger partial charge in [0, 0.05) is 18.9 Å². The summed E-state index contributed by atoms with van der Waals surface area (Å²) in [5, 5.41) is 6.51. The molecule has 0 unspecified atom stereocenters. The molecule has 104 valence electrons. The topological polar surface area (TPSA) is 54.0 Å². The van der Waals surface area contributed by atoms with Crippen LogP contribution in [0.25, 0.3) is 0 Å². The Morgan fingerprint density at radius 1 is 1.25 bits per heavy atom. The molecule has 0 atom stereocenters. The molecular formula is C15H16ClN3O. The Morgan fingerprint density at radius 3 is 2.80 bits per heavy atom. The summed E-state index contributed by atoms with van der Waals surface area (Å²) in [7, 11) is 0. The van der Waals surface area contributed by atoms with Gasteiger partial charge < -0.3 is 10.6 Å². The summed E-state index contributed by atoms with van der Waals surface area (Å²) in [5.41, 5.74) is 1.86. The maximum absolute atomic E-state index is 12.3. The molecule has 1 aromatic carbocycles. The second-order valence-electron chi connectivity index (χ2n) is 4.28. The standard InChI is InChI=1S/C15H16ClN3O/c1-2-8-18-13-7-9-17-10-11(13)15(20)19-14-6-4-3-5-12(14)16/h3-7,9-10H,2,8H2,1H3,(H,17,18)(H,19,20). The Labute approximate surface area is 123 Å². The van der Waals surface area contributed by atoms with Crippen molar-refractivity contribution in [1.29, 1.82) is 0 Å². The van der Waals surface area contributed by atoms with E-state index in [2.05, 4.69) is 22.5 Å². The predicted molar refractivity (Wildman–Crippen MR) is 82.4 cm³/mol. The SMILES string of the molecule is CCCNc1ccncc1C(=O)Nc1ccccc1Cl. The Balaban J connectivity index is 2.19. The number of carbonyl (C=O) groups excluding carboxylic acids is 1. The first-order valence-electron chi connectivity index (χ1n) is 6.46. The molecule has 1 heterocycles. The lowest BCUT2D eigenvalue weighted by Crippen LogP contribution is -2.15. The highest BCUT2D eigenvalue weighted by molar-refractivity contribution is 6.34. The van der Waals surface area contributed by atoms with Gasteiger partial charge in [0.1, 0.15) is 0 Å². The van der Waals surface area contributed by atoms with E-state index in [1.807, 2.05) is 12.1 Å². The normalized spacial score (nSPS) is 10.1. The number of benzene rings is 1. The third-order valence-electron chi connectivity index (χ3n) is 2.75. The molecule has 0 saturated heterocycles. The molecule has 1 amide bonds. The lowest BCUT2D eigenvalue weighted by Gasteiger charge is -2.11. The van der Waals surface area contributed by atoms with Crippen LogP contribution in [0, 0.1) is 0 Å². The van der Waals surface area contributed by atoms with E-state index in [-0.39, 0.29) is 5.91 Å². The van der Waals surface area contributed by atoms with Crippen LogP contribution in [0.15, 0.2) is 42.7 Å². The Hall–Kier alpha value is -2.07. The fraction of sp³-hybridized carbons (Fsp3) is 0.200. The van der Waals surface area contributed by atoms with Gasteiger partial charge in [-0.05, 0) is 24.6 Å². The van der Waals surface area contributed by atoms with Crippen molar-refractivity contribution in [3.8, 4) is 0 Å². The first-order valence-corrected chi connectivity index (χ1v) is 6.84. The molecule has 0 spiro atoms. The van der Waals surface area contributed by atoms with Gasteiger partial charge in [-0.25, -0.2) is 0 Å². The highest BCUT2D eigenvalue weighted by atomic mass is 35.5. The number of hydrogen-bond acceptors (Lipinski definition) is 3. The van der Waals surface area contributed by atoms with E-state index >= 15 is 0 Å². The van der Waals surface area contributed by atoms with Gasteiger partial charge in [0.25, 0.3) is 5.91 Å². The van der Waals surface area contributed by atoms with Crippen LogP contribution in [0.3, 0.4) is 0 Å². The highest BCUT2D eigenvalue weighted by Gasteiger charge is 2.12. The number of pyridine rings is 1. The molecule has 0 fully saturated rings. The zero-order valence-corrected chi connectivity index (χ0v) is 11.9. The third kappa shape index (κ3) is 3.48. The maximum atomic E-state index is 12.3. The average molecular weight is 290 g/mol. The minimum atomic E-state index is -0.232. The molecule has 0 aliphatic heterocycles. The summed E-state index contributed by atoms with van der Waals surface area (Å²) >= 11 is 6.03. The molecule has 0 bridgehead atoms. The van der Waals surface area contributed by atoms with Crippen molar-refractivity contribution in [3.63, 3.8) is 0 Å². The van der Waals surface area contributed by atoms with Gasteiger partial charge in [-0.1, -0.05) is 30.7 Å². The summed E-state index contributed by atoms with van der Waals surface area (Å²) < 4.78 is 0. The summed E-state index contributed by atoms with van der Waals surface area (Å²) in [5.74, 6) is -0.232. The molecule has 5 heteroatoms. The molecular weight excluding hydrogens is 274 g/mol. The maximum Gasteiger partial charge on any atom is 0.259 e. The van der Waals surface area contributed by atoms with Crippen molar-refractivity contribution in [1.82, 2.24) is 4.98 Å². The van der Waals surface area contributed by atoms with E-state index < -0.39 is 0 Å². The van der Waals surface area contributed by atoms with Crippen molar-refractivity contribution in [2.75, 3.05) is 17.2 Å². The highest BCUT2D eigenvalue weighted by Crippen LogP contribution is 2.22. The van der Waals surface area contributed by atoms with Crippen LogP contribution in [0.1, 0.15) is 23.7 Å². The second kappa shape index (κ2) is 6.91. The van der Waals surface area contributed by atoms with Crippen LogP contribution in [0.2, 0.25) is 5.02 Å². The minimum absolute atomic E-state index is 0.232. The molecule has 2 N–H and O–H groups in total. The van der Waals surface area contributed by atoms with Gasteiger partial charge in [-0.15, -0.1) is 0 Å². The van der Waals surface area contributed by atoms with Crippen LogP contribution < -0.4 is 10.6 Å². The fourth-order valence-corrected chi connectivity index (χ4v) is 1.92. The summed E-state index contributed by atoms with van der Waals surface area (Å²) in [6, 6.07) is 8.92. The number of nitrogens with one attached hydrogen (secondary N) is 2. The van der Waals surface area contributed by atoms with Gasteiger partial charge in [0.05, 0.1) is 22.0 Å². The number of carbonyl (C=O) groups is 1. The average Bonchev–Trinajstić information content (AvgIpc) is 2.47. The number of hydrogen-bond donors (Lipinski definition) is 2. The zero-order chi connectivity index (χ0) is 14.4. The third-order valence-corrected chi connectivity index (χ3v) is 3.08. The van der Waals surface area contributed by atoms with Crippen LogP contribution >= 0.6 is 11.6 Å². The van der Waals surface area contributed by atoms with Crippen molar-refractivity contribution >= 4 is 28.9 Å². The van der Waals surface area contributed by atoms with Crippen LogP contribution in [0.5, 0.6) is 0 Å². The number of halogens is 1. The molecule has 2 rings (SSSR count). The first-order chi connectivity index (χ1) is 9.72. The van der Waals surface area contributed by atoms with E-state index in [4.69, 9.17) is 11.6 Å². The Morgan fingerprint density at radius 2 is 2.05 bits per heavy atom. The van der Waals surface area contributed by atoms with Gasteiger partial charge in [-0.3, -0.25) is 9.78 Å². The largest absolute Gasteiger partial charge is 0.384 e. The minimum Gasteiger partial charge on any atom is -0.384 e. The van der Waals surface area contributed by atoms with Crippen LogP contribution in [-0.2, 0) is 0 Å². The molecule has 1 aromatic heterocycles. The van der Waals surface area contributed by atoms with E-state index in [0.29, 0.717) is 16.3 Å². The van der Waals surface area contributed by atoms with Gasteiger partial charge in [0.15, 0.2) is 0 Å². The molecule has 0 aliphatic carbocycles. The molecule has 20 heavy (non-hydrogen) atoms. The van der Waals surface area contributed by atoms with Crippen LogP contribution in [-0.4, -0.2) is 17.4 Å². The number of aromatic nitrogens is 1. The fourth-order valence-electron chi connectivity index (χ4n) is 1.74. The van der Waals surface area contributed by atoms with Crippen molar-refractivity contribution in [2.45, 2.75) is 13.3 Å².